The van der Waals surface area contributed by atoms with Crippen LogP contribution in [-0.2, 0) is 6.54 Å². The van der Waals surface area contributed by atoms with Gasteiger partial charge in [0.05, 0.1) is 17.4 Å². The molecule has 1 saturated heterocycles. The van der Waals surface area contributed by atoms with Crippen LogP contribution >= 0.6 is 0 Å². The van der Waals surface area contributed by atoms with Crippen LogP contribution in [0.25, 0.3) is 0 Å². The number of amides is 2. The molecule has 1 aliphatic rings. The van der Waals surface area contributed by atoms with Gasteiger partial charge in [0.25, 0.3) is 11.8 Å². The number of nitrogens with zero attached hydrogens (tertiary/aromatic N) is 4. The molecule has 5 rings (SSSR count). The largest absolute Gasteiger partial charge is 0.439 e. The first-order valence-corrected chi connectivity index (χ1v) is 12.4. The number of carbonyl (C=O) groups is 2. The molecule has 0 radical (unpaired) electrons. The third-order valence-corrected chi connectivity index (χ3v) is 6.25. The molecule has 0 unspecified atom stereocenters. The standard InChI is InChI=1S/C29H25F2N5O3/c30-22-4-1-20(2-5-22)19-35-13-15-36(16-14-35)29(38)21-3-11-26(32-17-21)28(37)34-24-8-12-27(33-18-24)39-25-9-6-23(31)7-10-25/h1-12,17-18H,13-16,19H2,(H,34,37). The zero-order valence-electron chi connectivity index (χ0n) is 20.9. The molecule has 198 valence electrons. The summed E-state index contributed by atoms with van der Waals surface area (Å²) in [5, 5.41) is 2.71. The van der Waals surface area contributed by atoms with Crippen molar-refractivity contribution in [1.82, 2.24) is 19.8 Å². The predicted octanol–water partition coefficient (Wildman–Crippen LogP) is 4.76. The van der Waals surface area contributed by atoms with Gasteiger partial charge in [-0.15, -0.1) is 0 Å². The molecule has 4 aromatic rings. The summed E-state index contributed by atoms with van der Waals surface area (Å²) in [6.07, 6.45) is 2.84. The first-order valence-electron chi connectivity index (χ1n) is 12.4. The predicted molar refractivity (Wildman–Crippen MR) is 140 cm³/mol. The number of halogens is 2. The summed E-state index contributed by atoms with van der Waals surface area (Å²) >= 11 is 0. The van der Waals surface area contributed by atoms with Gasteiger partial charge in [-0.25, -0.2) is 13.8 Å². The minimum Gasteiger partial charge on any atom is -0.439 e. The molecule has 2 amide bonds. The molecule has 0 spiro atoms. The zero-order valence-corrected chi connectivity index (χ0v) is 20.9. The van der Waals surface area contributed by atoms with E-state index in [1.807, 2.05) is 0 Å². The molecule has 0 saturated carbocycles. The summed E-state index contributed by atoms with van der Waals surface area (Å²) in [4.78, 5) is 37.9. The van der Waals surface area contributed by atoms with Crippen molar-refractivity contribution in [3.8, 4) is 11.6 Å². The molecule has 2 aromatic heterocycles. The summed E-state index contributed by atoms with van der Waals surface area (Å²) in [6.45, 7) is 3.25. The summed E-state index contributed by atoms with van der Waals surface area (Å²) in [7, 11) is 0. The first kappa shape index (κ1) is 25.9. The molecule has 1 N–H and O–H groups in total. The van der Waals surface area contributed by atoms with Gasteiger partial charge >= 0.3 is 0 Å². The maximum Gasteiger partial charge on any atom is 0.274 e. The summed E-state index contributed by atoms with van der Waals surface area (Å²) < 4.78 is 31.7. The number of pyridine rings is 2. The zero-order chi connectivity index (χ0) is 27.2. The molecule has 0 atom stereocenters. The second kappa shape index (κ2) is 11.8. The number of nitrogens with one attached hydrogen (secondary N) is 1. The smallest absolute Gasteiger partial charge is 0.274 e. The van der Waals surface area contributed by atoms with E-state index in [2.05, 4.69) is 20.2 Å². The van der Waals surface area contributed by atoms with E-state index in [-0.39, 0.29) is 29.1 Å². The Morgan fingerprint density at radius 3 is 2.10 bits per heavy atom. The maximum atomic E-state index is 13.1. The number of benzene rings is 2. The molecular weight excluding hydrogens is 504 g/mol. The number of rotatable bonds is 7. The second-order valence-electron chi connectivity index (χ2n) is 9.02. The lowest BCUT2D eigenvalue weighted by Crippen LogP contribution is -2.48. The van der Waals surface area contributed by atoms with E-state index in [4.69, 9.17) is 4.74 Å². The van der Waals surface area contributed by atoms with Gasteiger partial charge in [0.1, 0.15) is 23.1 Å². The van der Waals surface area contributed by atoms with E-state index in [1.165, 1.54) is 54.9 Å². The Balaban J connectivity index is 1.11. The van der Waals surface area contributed by atoms with Crippen LogP contribution in [0.3, 0.4) is 0 Å². The van der Waals surface area contributed by atoms with Crippen LogP contribution in [0, 0.1) is 11.6 Å². The molecule has 10 heteroatoms. The van der Waals surface area contributed by atoms with E-state index < -0.39 is 5.91 Å². The molecule has 39 heavy (non-hydrogen) atoms. The highest BCUT2D eigenvalue weighted by Crippen LogP contribution is 2.21. The van der Waals surface area contributed by atoms with Crippen molar-refractivity contribution < 1.29 is 23.1 Å². The van der Waals surface area contributed by atoms with Gasteiger partial charge in [-0.2, -0.15) is 0 Å². The van der Waals surface area contributed by atoms with E-state index in [9.17, 15) is 18.4 Å². The molecule has 1 aliphatic heterocycles. The van der Waals surface area contributed by atoms with Crippen LogP contribution in [-0.4, -0.2) is 57.8 Å². The van der Waals surface area contributed by atoms with Crippen LogP contribution in [0.1, 0.15) is 26.4 Å². The highest BCUT2D eigenvalue weighted by atomic mass is 19.1. The average molecular weight is 530 g/mol. The Kier molecular flexibility index (Phi) is 7.83. The monoisotopic (exact) mass is 529 g/mol. The van der Waals surface area contributed by atoms with Crippen LogP contribution in [0.5, 0.6) is 11.6 Å². The minimum atomic E-state index is -0.447. The van der Waals surface area contributed by atoms with Crippen LogP contribution in [0.2, 0.25) is 0 Å². The average Bonchev–Trinajstić information content (AvgIpc) is 2.96. The van der Waals surface area contributed by atoms with Crippen molar-refractivity contribution in [1.29, 1.82) is 0 Å². The third-order valence-electron chi connectivity index (χ3n) is 6.25. The number of carbonyl (C=O) groups excluding carboxylic acids is 2. The molecular formula is C29H25F2N5O3. The highest BCUT2D eigenvalue weighted by molar-refractivity contribution is 6.03. The van der Waals surface area contributed by atoms with Crippen molar-refractivity contribution in [3.05, 3.63) is 114 Å². The van der Waals surface area contributed by atoms with Gasteiger partial charge in [-0.05, 0) is 60.2 Å². The van der Waals surface area contributed by atoms with Crippen LogP contribution < -0.4 is 10.1 Å². The topological polar surface area (TPSA) is 87.7 Å². The Bertz CT molecular complexity index is 1420. The summed E-state index contributed by atoms with van der Waals surface area (Å²) in [6, 6.07) is 18.3. The van der Waals surface area contributed by atoms with Crippen LogP contribution in [0.4, 0.5) is 14.5 Å². The van der Waals surface area contributed by atoms with E-state index >= 15 is 0 Å². The van der Waals surface area contributed by atoms with Gasteiger partial charge in [0, 0.05) is 45.0 Å². The third kappa shape index (κ3) is 6.79. The Labute approximate surface area is 223 Å². The lowest BCUT2D eigenvalue weighted by molar-refractivity contribution is 0.0627. The van der Waals surface area contributed by atoms with Crippen molar-refractivity contribution in [3.63, 3.8) is 0 Å². The van der Waals surface area contributed by atoms with Crippen molar-refractivity contribution in [2.75, 3.05) is 31.5 Å². The Morgan fingerprint density at radius 2 is 1.49 bits per heavy atom. The fourth-order valence-electron chi connectivity index (χ4n) is 4.13. The normalized spacial score (nSPS) is 13.6. The molecule has 0 aliphatic carbocycles. The Morgan fingerprint density at radius 1 is 0.795 bits per heavy atom. The SMILES string of the molecule is O=C(Nc1ccc(Oc2ccc(F)cc2)nc1)c1ccc(C(=O)N2CCN(Cc3ccc(F)cc3)CC2)cn1. The second-order valence-corrected chi connectivity index (χ2v) is 9.02. The number of piperazine rings is 1. The van der Waals surface area contributed by atoms with Crippen molar-refractivity contribution in [2.45, 2.75) is 6.54 Å². The lowest BCUT2D eigenvalue weighted by atomic mass is 10.1. The summed E-state index contributed by atoms with van der Waals surface area (Å²) in [5.41, 5.74) is 2.02. The van der Waals surface area contributed by atoms with Crippen LogP contribution in [0.15, 0.2) is 85.2 Å². The van der Waals surface area contributed by atoms with Crippen molar-refractivity contribution >= 4 is 17.5 Å². The molecule has 1 fully saturated rings. The van der Waals surface area contributed by atoms with Gasteiger partial charge in [0.15, 0.2) is 0 Å². The fraction of sp³-hybridized carbons (Fsp3) is 0.172. The lowest BCUT2D eigenvalue weighted by Gasteiger charge is -2.34. The Hall–Kier alpha value is -4.70. The van der Waals surface area contributed by atoms with Gasteiger partial charge in [-0.1, -0.05) is 12.1 Å². The fourth-order valence-corrected chi connectivity index (χ4v) is 4.13. The van der Waals surface area contributed by atoms with E-state index in [0.717, 1.165) is 5.56 Å². The summed E-state index contributed by atoms with van der Waals surface area (Å²) in [5.74, 6) is -0.484. The maximum absolute atomic E-state index is 13.1. The minimum absolute atomic E-state index is 0.142. The number of ether oxygens (including phenoxy) is 1. The van der Waals surface area contributed by atoms with Gasteiger partial charge < -0.3 is 15.0 Å². The number of aromatic nitrogens is 2. The van der Waals surface area contributed by atoms with E-state index in [1.54, 1.807) is 35.2 Å². The molecule has 3 heterocycles. The molecule has 0 bridgehead atoms. The number of hydrogen-bond acceptors (Lipinski definition) is 6. The number of anilines is 1. The quantitative estimate of drug-likeness (QED) is 0.372. The first-order chi connectivity index (χ1) is 18.9. The highest BCUT2D eigenvalue weighted by Gasteiger charge is 2.23. The van der Waals surface area contributed by atoms with Crippen molar-refractivity contribution in [2.24, 2.45) is 0 Å². The number of hydrogen-bond donors (Lipinski definition) is 1. The van der Waals surface area contributed by atoms with E-state index in [0.29, 0.717) is 49.7 Å². The molecule has 2 aromatic carbocycles. The van der Waals surface area contributed by atoms with Gasteiger partial charge in [-0.3, -0.25) is 19.5 Å². The van der Waals surface area contributed by atoms with Gasteiger partial charge in [0.2, 0.25) is 5.88 Å². The molecule has 8 nitrogen and oxygen atoms in total.